The Morgan fingerprint density at radius 1 is 1.12 bits per heavy atom. The van der Waals surface area contributed by atoms with Crippen molar-refractivity contribution in [1.82, 2.24) is 9.88 Å². The predicted octanol–water partition coefficient (Wildman–Crippen LogP) is 2.65. The Kier molecular flexibility index (Phi) is 4.93. The molecule has 0 spiro atoms. The molecule has 0 aliphatic heterocycles. The van der Waals surface area contributed by atoms with E-state index < -0.39 is 31.8 Å². The molecular formula is C15H13F3N2O3S. The number of halogens is 3. The van der Waals surface area contributed by atoms with Gasteiger partial charge < -0.3 is 4.90 Å². The Morgan fingerprint density at radius 2 is 1.75 bits per heavy atom. The molecule has 1 amide bonds. The third-order valence-corrected chi connectivity index (χ3v) is 4.61. The molecule has 0 aliphatic carbocycles. The molecule has 0 atom stereocenters. The lowest BCUT2D eigenvalue weighted by Gasteiger charge is -2.19. The number of hydrogen-bond donors (Lipinski definition) is 0. The predicted molar refractivity (Wildman–Crippen MR) is 79.7 cm³/mol. The van der Waals surface area contributed by atoms with Gasteiger partial charge in [0.2, 0.25) is 0 Å². The smallest absolute Gasteiger partial charge is 0.337 e. The van der Waals surface area contributed by atoms with Crippen LogP contribution in [-0.2, 0) is 16.4 Å². The number of carbonyl (C=O) groups is 1. The van der Waals surface area contributed by atoms with E-state index in [0.717, 1.165) is 22.7 Å². The molecule has 2 rings (SSSR count). The lowest BCUT2D eigenvalue weighted by molar-refractivity contribution is -0.0438. The minimum Gasteiger partial charge on any atom is -0.337 e. The van der Waals surface area contributed by atoms with Gasteiger partial charge in [-0.05, 0) is 17.7 Å². The second kappa shape index (κ2) is 6.60. The Hall–Kier alpha value is -2.42. The molecule has 2 aromatic rings. The second-order valence-electron chi connectivity index (χ2n) is 4.95. The van der Waals surface area contributed by atoms with Crippen molar-refractivity contribution >= 4 is 15.7 Å². The van der Waals surface area contributed by atoms with Crippen LogP contribution in [0.3, 0.4) is 0 Å². The fourth-order valence-corrected chi connectivity index (χ4v) is 2.88. The third kappa shape index (κ3) is 3.56. The van der Waals surface area contributed by atoms with Crippen LogP contribution < -0.4 is 0 Å². The van der Waals surface area contributed by atoms with Gasteiger partial charge in [-0.3, -0.25) is 4.79 Å². The summed E-state index contributed by atoms with van der Waals surface area (Å²) in [6.45, 7) is 0.111. The molecule has 0 fully saturated rings. The van der Waals surface area contributed by atoms with Crippen molar-refractivity contribution in [3.05, 3.63) is 59.8 Å². The molecular weight excluding hydrogens is 345 g/mol. The zero-order chi connectivity index (χ0) is 18.0. The number of alkyl halides is 3. The Bertz CT molecular complexity index is 837. The summed E-state index contributed by atoms with van der Waals surface area (Å²) >= 11 is 0. The van der Waals surface area contributed by atoms with Crippen LogP contribution in [0.25, 0.3) is 0 Å². The molecule has 5 nitrogen and oxygen atoms in total. The minimum atomic E-state index is -5.72. The largest absolute Gasteiger partial charge is 0.503 e. The van der Waals surface area contributed by atoms with E-state index in [4.69, 9.17) is 0 Å². The molecule has 0 radical (unpaired) electrons. The van der Waals surface area contributed by atoms with Crippen molar-refractivity contribution in [2.24, 2.45) is 0 Å². The standard InChI is InChI=1S/C15H13F3N2O3S/c1-20(10-11-6-3-2-4-7-11)14(21)12-8-5-9-19-13(12)24(22,23)15(16,17)18/h2-9H,10H2,1H3. The number of hydrogen-bond acceptors (Lipinski definition) is 4. The van der Waals surface area contributed by atoms with Crippen LogP contribution in [0.4, 0.5) is 13.2 Å². The zero-order valence-corrected chi connectivity index (χ0v) is 13.3. The molecule has 0 saturated heterocycles. The number of carbonyl (C=O) groups excluding carboxylic acids is 1. The number of aromatic nitrogens is 1. The van der Waals surface area contributed by atoms with Gasteiger partial charge in [0.15, 0.2) is 5.03 Å². The van der Waals surface area contributed by atoms with Crippen LogP contribution in [-0.4, -0.2) is 36.8 Å². The molecule has 128 valence electrons. The van der Waals surface area contributed by atoms with E-state index in [1.165, 1.54) is 13.1 Å². The first kappa shape index (κ1) is 17.9. The highest BCUT2D eigenvalue weighted by atomic mass is 32.2. The van der Waals surface area contributed by atoms with E-state index in [0.29, 0.717) is 0 Å². The first-order valence-corrected chi connectivity index (χ1v) is 8.18. The maximum atomic E-state index is 12.8. The van der Waals surface area contributed by atoms with Gasteiger partial charge in [-0.15, -0.1) is 0 Å². The van der Waals surface area contributed by atoms with Crippen molar-refractivity contribution < 1.29 is 26.4 Å². The minimum absolute atomic E-state index is 0.111. The van der Waals surface area contributed by atoms with Crippen molar-refractivity contribution in [1.29, 1.82) is 0 Å². The van der Waals surface area contributed by atoms with E-state index in [1.807, 2.05) is 0 Å². The van der Waals surface area contributed by atoms with Crippen LogP contribution in [0.2, 0.25) is 0 Å². The van der Waals surface area contributed by atoms with Gasteiger partial charge in [0.25, 0.3) is 15.7 Å². The molecule has 1 aromatic heterocycles. The third-order valence-electron chi connectivity index (χ3n) is 3.17. The van der Waals surface area contributed by atoms with Crippen LogP contribution in [0.1, 0.15) is 15.9 Å². The normalized spacial score (nSPS) is 12.0. The monoisotopic (exact) mass is 358 g/mol. The number of nitrogens with zero attached hydrogens (tertiary/aromatic N) is 2. The summed E-state index contributed by atoms with van der Waals surface area (Å²) in [4.78, 5) is 16.8. The maximum absolute atomic E-state index is 12.8. The van der Waals surface area contributed by atoms with Gasteiger partial charge in [0.1, 0.15) is 0 Å². The van der Waals surface area contributed by atoms with Crippen molar-refractivity contribution in [3.8, 4) is 0 Å². The summed E-state index contributed by atoms with van der Waals surface area (Å²) in [5, 5.41) is -1.29. The summed E-state index contributed by atoms with van der Waals surface area (Å²) in [5.74, 6) is -0.866. The quantitative estimate of drug-likeness (QED) is 0.843. The summed E-state index contributed by atoms with van der Waals surface area (Å²) in [6, 6.07) is 11.0. The average Bonchev–Trinajstić information content (AvgIpc) is 2.54. The van der Waals surface area contributed by atoms with Gasteiger partial charge in [-0.2, -0.15) is 13.2 Å². The maximum Gasteiger partial charge on any atom is 0.503 e. The first-order valence-electron chi connectivity index (χ1n) is 6.70. The number of benzene rings is 1. The fraction of sp³-hybridized carbons (Fsp3) is 0.200. The number of rotatable bonds is 4. The Balaban J connectivity index is 2.38. The highest BCUT2D eigenvalue weighted by Crippen LogP contribution is 2.31. The van der Waals surface area contributed by atoms with Gasteiger partial charge in [-0.1, -0.05) is 30.3 Å². The highest BCUT2D eigenvalue weighted by Gasteiger charge is 2.49. The SMILES string of the molecule is CN(Cc1ccccc1)C(=O)c1cccnc1S(=O)(=O)C(F)(F)F. The Labute approximate surface area is 136 Å². The molecule has 0 bridgehead atoms. The molecule has 1 heterocycles. The lowest BCUT2D eigenvalue weighted by atomic mass is 10.2. The summed E-state index contributed by atoms with van der Waals surface area (Å²) in [5.41, 5.74) is -5.40. The van der Waals surface area contributed by atoms with E-state index >= 15 is 0 Å². The molecule has 1 aromatic carbocycles. The van der Waals surface area contributed by atoms with Gasteiger partial charge >= 0.3 is 5.51 Å². The first-order chi connectivity index (χ1) is 11.1. The van der Waals surface area contributed by atoms with Crippen molar-refractivity contribution in [2.75, 3.05) is 7.05 Å². The number of pyridine rings is 1. The van der Waals surface area contributed by atoms with Crippen molar-refractivity contribution in [2.45, 2.75) is 17.1 Å². The van der Waals surface area contributed by atoms with Crippen LogP contribution >= 0.6 is 0 Å². The van der Waals surface area contributed by atoms with Crippen LogP contribution in [0, 0.1) is 0 Å². The van der Waals surface area contributed by atoms with Crippen LogP contribution in [0.5, 0.6) is 0 Å². The number of amides is 1. The summed E-state index contributed by atoms with van der Waals surface area (Å²) < 4.78 is 61.5. The van der Waals surface area contributed by atoms with E-state index in [9.17, 15) is 26.4 Å². The summed E-state index contributed by atoms with van der Waals surface area (Å²) in [6.07, 6.45) is 0.895. The van der Waals surface area contributed by atoms with Gasteiger partial charge in [0.05, 0.1) is 5.56 Å². The molecule has 0 unspecified atom stereocenters. The van der Waals surface area contributed by atoms with E-state index in [2.05, 4.69) is 4.98 Å². The Morgan fingerprint density at radius 3 is 2.33 bits per heavy atom. The molecule has 9 heteroatoms. The molecule has 0 N–H and O–H groups in total. The molecule has 0 aliphatic rings. The highest BCUT2D eigenvalue weighted by molar-refractivity contribution is 7.92. The average molecular weight is 358 g/mol. The zero-order valence-electron chi connectivity index (χ0n) is 12.5. The topological polar surface area (TPSA) is 67.3 Å². The van der Waals surface area contributed by atoms with Crippen LogP contribution in [0.15, 0.2) is 53.7 Å². The van der Waals surface area contributed by atoms with E-state index in [-0.39, 0.29) is 6.54 Å². The fourth-order valence-electron chi connectivity index (χ4n) is 2.01. The van der Waals surface area contributed by atoms with E-state index in [1.54, 1.807) is 30.3 Å². The van der Waals surface area contributed by atoms with Gasteiger partial charge in [-0.25, -0.2) is 13.4 Å². The van der Waals surface area contributed by atoms with Crippen molar-refractivity contribution in [3.63, 3.8) is 0 Å². The lowest BCUT2D eigenvalue weighted by Crippen LogP contribution is -2.31. The molecule has 24 heavy (non-hydrogen) atoms. The second-order valence-corrected chi connectivity index (χ2v) is 6.81. The number of sulfone groups is 1. The van der Waals surface area contributed by atoms with Gasteiger partial charge in [0, 0.05) is 19.8 Å². The summed E-state index contributed by atoms with van der Waals surface area (Å²) in [7, 11) is -4.35. The molecule has 0 saturated carbocycles.